The highest BCUT2D eigenvalue weighted by molar-refractivity contribution is 6.31. The van der Waals surface area contributed by atoms with Crippen LogP contribution >= 0.6 is 11.6 Å². The Balaban J connectivity index is 1.22. The number of carbonyl (C=O) groups is 1. The molecule has 2 aromatic rings. The maximum Gasteiger partial charge on any atom is 0.287 e. The summed E-state index contributed by atoms with van der Waals surface area (Å²) in [5.74, 6) is 4.27. The first-order valence-corrected chi connectivity index (χ1v) is 12.1. The minimum Gasteiger partial charge on any atom is -0.486 e. The van der Waals surface area contributed by atoms with E-state index < -0.39 is 0 Å². The maximum atomic E-state index is 13.0. The lowest BCUT2D eigenvalue weighted by Gasteiger charge is -2.59. The third-order valence-corrected chi connectivity index (χ3v) is 8.36. The molecule has 0 spiro atoms. The van der Waals surface area contributed by atoms with E-state index in [4.69, 9.17) is 20.8 Å². The van der Waals surface area contributed by atoms with E-state index in [1.54, 1.807) is 6.07 Å². The van der Waals surface area contributed by atoms with Crippen molar-refractivity contribution < 1.29 is 13.9 Å². The van der Waals surface area contributed by atoms with Gasteiger partial charge in [0.15, 0.2) is 5.76 Å². The van der Waals surface area contributed by atoms with Crippen LogP contribution in [0.5, 0.6) is 5.75 Å². The molecule has 0 aliphatic heterocycles. The van der Waals surface area contributed by atoms with E-state index in [0.29, 0.717) is 22.0 Å². The van der Waals surface area contributed by atoms with Crippen LogP contribution in [0.1, 0.15) is 73.7 Å². The van der Waals surface area contributed by atoms with Gasteiger partial charge in [-0.05, 0) is 111 Å². The van der Waals surface area contributed by atoms with Gasteiger partial charge in [0, 0.05) is 11.1 Å². The molecule has 4 saturated carbocycles. The number of carbonyl (C=O) groups excluding carboxylic acids is 1. The van der Waals surface area contributed by atoms with Crippen LogP contribution in [0.2, 0.25) is 5.02 Å². The first kappa shape index (κ1) is 20.9. The van der Waals surface area contributed by atoms with Crippen LogP contribution in [0.4, 0.5) is 0 Å². The van der Waals surface area contributed by atoms with E-state index >= 15 is 0 Å². The number of aryl methyl sites for hydroxylation is 1. The summed E-state index contributed by atoms with van der Waals surface area (Å²) in [5.41, 5.74) is 1.26. The number of hydrogen-bond donors (Lipinski definition) is 1. The van der Waals surface area contributed by atoms with Crippen molar-refractivity contribution in [2.24, 2.45) is 23.2 Å². The summed E-state index contributed by atoms with van der Waals surface area (Å²) in [5, 5.41) is 4.07. The summed E-state index contributed by atoms with van der Waals surface area (Å²) < 4.78 is 11.6. The van der Waals surface area contributed by atoms with E-state index in [-0.39, 0.29) is 18.6 Å². The molecule has 1 amide bonds. The highest BCUT2D eigenvalue weighted by atomic mass is 35.5. The Kier molecular flexibility index (Phi) is 5.54. The highest BCUT2D eigenvalue weighted by Crippen LogP contribution is 2.61. The lowest BCUT2D eigenvalue weighted by Crippen LogP contribution is -2.56. The van der Waals surface area contributed by atoms with Crippen molar-refractivity contribution in [2.75, 3.05) is 0 Å². The molecule has 1 atom stereocenters. The average Bonchev–Trinajstić information content (AvgIpc) is 3.21. The summed E-state index contributed by atoms with van der Waals surface area (Å²) in [6.45, 7) is 4.43. The van der Waals surface area contributed by atoms with Crippen molar-refractivity contribution in [3.63, 3.8) is 0 Å². The zero-order valence-corrected chi connectivity index (χ0v) is 19.2. The highest BCUT2D eigenvalue weighted by Gasteiger charge is 2.54. The number of halogens is 1. The first-order valence-electron chi connectivity index (χ1n) is 11.7. The normalized spacial score (nSPS) is 29.7. The predicted octanol–water partition coefficient (Wildman–Crippen LogP) is 6.55. The maximum absolute atomic E-state index is 13.0. The van der Waals surface area contributed by atoms with Gasteiger partial charge in [-0.3, -0.25) is 4.79 Å². The fourth-order valence-electron chi connectivity index (χ4n) is 6.96. The molecule has 0 saturated heterocycles. The van der Waals surface area contributed by atoms with Crippen LogP contribution in [0, 0.1) is 30.1 Å². The van der Waals surface area contributed by atoms with Gasteiger partial charge in [-0.2, -0.15) is 0 Å². The number of benzene rings is 1. The van der Waals surface area contributed by atoms with E-state index in [0.717, 1.165) is 35.5 Å². The summed E-state index contributed by atoms with van der Waals surface area (Å²) in [7, 11) is 0. The van der Waals surface area contributed by atoms with Crippen LogP contribution < -0.4 is 10.1 Å². The molecular weight excluding hydrogens is 410 g/mol. The van der Waals surface area contributed by atoms with Crippen molar-refractivity contribution in [1.29, 1.82) is 0 Å². The van der Waals surface area contributed by atoms with Crippen LogP contribution in [0.3, 0.4) is 0 Å². The van der Waals surface area contributed by atoms with Crippen LogP contribution in [0.15, 0.2) is 34.7 Å². The van der Waals surface area contributed by atoms with Gasteiger partial charge in [-0.1, -0.05) is 18.5 Å². The summed E-state index contributed by atoms with van der Waals surface area (Å²) in [6, 6.07) is 9.37. The van der Waals surface area contributed by atoms with Crippen molar-refractivity contribution in [2.45, 2.75) is 71.4 Å². The first-order chi connectivity index (χ1) is 14.9. The molecule has 0 radical (unpaired) electrons. The summed E-state index contributed by atoms with van der Waals surface area (Å²) in [6.07, 6.45) is 9.08. The molecule has 4 aliphatic rings. The molecule has 4 nitrogen and oxygen atoms in total. The minimum absolute atomic E-state index is 0.101. The van der Waals surface area contributed by atoms with Gasteiger partial charge < -0.3 is 14.5 Å². The van der Waals surface area contributed by atoms with Crippen molar-refractivity contribution in [3.8, 4) is 5.75 Å². The van der Waals surface area contributed by atoms with Gasteiger partial charge in [-0.25, -0.2) is 0 Å². The fourth-order valence-corrected chi connectivity index (χ4v) is 7.08. The summed E-state index contributed by atoms with van der Waals surface area (Å²) in [4.78, 5) is 13.0. The largest absolute Gasteiger partial charge is 0.486 e. The van der Waals surface area contributed by atoms with Crippen LogP contribution in [0.25, 0.3) is 0 Å². The predicted molar refractivity (Wildman–Crippen MR) is 121 cm³/mol. The van der Waals surface area contributed by atoms with E-state index in [9.17, 15) is 4.79 Å². The second-order valence-electron chi connectivity index (χ2n) is 10.2. The number of nitrogens with one attached hydrogen (secondary N) is 1. The molecule has 5 heteroatoms. The molecule has 31 heavy (non-hydrogen) atoms. The van der Waals surface area contributed by atoms with Gasteiger partial charge in [0.1, 0.15) is 18.1 Å². The second-order valence-corrected chi connectivity index (χ2v) is 10.6. The van der Waals surface area contributed by atoms with Gasteiger partial charge in [0.05, 0.1) is 0 Å². The van der Waals surface area contributed by atoms with Crippen molar-refractivity contribution in [3.05, 3.63) is 52.4 Å². The number of furan rings is 1. The quantitative estimate of drug-likeness (QED) is 0.530. The van der Waals surface area contributed by atoms with E-state index in [1.165, 1.54) is 38.5 Å². The zero-order valence-electron chi connectivity index (χ0n) is 18.5. The van der Waals surface area contributed by atoms with Crippen molar-refractivity contribution in [1.82, 2.24) is 5.32 Å². The molecule has 1 heterocycles. The molecule has 1 unspecified atom stereocenters. The Labute approximate surface area is 189 Å². The van der Waals surface area contributed by atoms with Gasteiger partial charge in [-0.15, -0.1) is 0 Å². The molecule has 4 fully saturated rings. The van der Waals surface area contributed by atoms with Crippen LogP contribution in [-0.2, 0) is 6.61 Å². The molecule has 4 aliphatic carbocycles. The number of amides is 1. The lowest BCUT2D eigenvalue weighted by atomic mass is 9.47. The molecule has 4 bridgehead atoms. The molecule has 6 rings (SSSR count). The smallest absolute Gasteiger partial charge is 0.287 e. The standard InChI is InChI=1S/C26H32ClNO3/c1-3-24(26-12-17-9-18(13-26)11-19(10-17)14-26)28-25(29)23-7-5-21(31-23)15-30-20-4-6-22(27)16(2)8-20/h4-8,17-19,24H,3,9-15H2,1-2H3,(H,28,29). The number of ether oxygens (including phenoxy) is 1. The fraction of sp³-hybridized carbons (Fsp3) is 0.577. The molecule has 166 valence electrons. The van der Waals surface area contributed by atoms with Gasteiger partial charge in [0.2, 0.25) is 0 Å². The Bertz CT molecular complexity index is 930. The van der Waals surface area contributed by atoms with E-state index in [1.807, 2.05) is 31.2 Å². The Morgan fingerprint density at radius 3 is 2.45 bits per heavy atom. The number of rotatable bonds is 7. The van der Waals surface area contributed by atoms with Gasteiger partial charge >= 0.3 is 0 Å². The second kappa shape index (κ2) is 8.20. The minimum atomic E-state index is -0.101. The lowest BCUT2D eigenvalue weighted by molar-refractivity contribution is -0.0728. The monoisotopic (exact) mass is 441 g/mol. The van der Waals surface area contributed by atoms with Crippen molar-refractivity contribution >= 4 is 17.5 Å². The number of hydrogen-bond acceptors (Lipinski definition) is 3. The molecule has 1 aromatic heterocycles. The Morgan fingerprint density at radius 1 is 1.16 bits per heavy atom. The summed E-state index contributed by atoms with van der Waals surface area (Å²) >= 11 is 6.07. The molecule has 1 N–H and O–H groups in total. The Hall–Kier alpha value is -1.94. The SMILES string of the molecule is CCC(NC(=O)c1ccc(COc2ccc(Cl)c(C)c2)o1)C12CC3CC(CC(C3)C1)C2. The average molecular weight is 442 g/mol. The third kappa shape index (κ3) is 4.11. The van der Waals surface area contributed by atoms with Gasteiger partial charge in [0.25, 0.3) is 5.91 Å². The molecule has 1 aromatic carbocycles. The Morgan fingerprint density at radius 2 is 1.84 bits per heavy atom. The molecular formula is C26H32ClNO3. The zero-order chi connectivity index (χ0) is 21.6. The topological polar surface area (TPSA) is 51.5 Å². The van der Waals surface area contributed by atoms with E-state index in [2.05, 4.69) is 12.2 Å². The third-order valence-electron chi connectivity index (χ3n) is 7.93. The van der Waals surface area contributed by atoms with Crippen LogP contribution in [-0.4, -0.2) is 11.9 Å².